The summed E-state index contributed by atoms with van der Waals surface area (Å²) in [4.78, 5) is 0. The first-order valence-electron chi connectivity index (χ1n) is 6.60. The van der Waals surface area contributed by atoms with Crippen molar-refractivity contribution in [2.24, 2.45) is 0 Å². The van der Waals surface area contributed by atoms with E-state index in [0.717, 1.165) is 17.9 Å². The molecule has 0 aliphatic heterocycles. The predicted molar refractivity (Wildman–Crippen MR) is 74.5 cm³/mol. The number of fused-ring (bicyclic) bond motifs is 1. The van der Waals surface area contributed by atoms with Crippen molar-refractivity contribution in [2.45, 2.75) is 33.1 Å². The SMILES string of the molecule is Cc1cccc(Oc2c(C)ccc3c2CCC3)c1. The van der Waals surface area contributed by atoms with Crippen molar-refractivity contribution in [1.82, 2.24) is 0 Å². The average molecular weight is 238 g/mol. The molecule has 1 nitrogen and oxygen atoms in total. The van der Waals surface area contributed by atoms with Crippen molar-refractivity contribution >= 4 is 0 Å². The maximum Gasteiger partial charge on any atom is 0.133 e. The van der Waals surface area contributed by atoms with E-state index in [1.165, 1.54) is 35.1 Å². The molecule has 0 bridgehead atoms. The zero-order valence-corrected chi connectivity index (χ0v) is 11.0. The first-order chi connectivity index (χ1) is 8.74. The van der Waals surface area contributed by atoms with Crippen LogP contribution in [0.3, 0.4) is 0 Å². The van der Waals surface area contributed by atoms with E-state index in [9.17, 15) is 0 Å². The van der Waals surface area contributed by atoms with Crippen molar-refractivity contribution in [3.05, 3.63) is 58.7 Å². The molecule has 1 aliphatic rings. The standard InChI is InChI=1S/C17H18O/c1-12-5-3-7-15(11-12)18-17-13(2)9-10-14-6-4-8-16(14)17/h3,5,7,9-11H,4,6,8H2,1-2H3. The molecule has 2 aromatic carbocycles. The number of benzene rings is 2. The van der Waals surface area contributed by atoms with Crippen molar-refractivity contribution in [3.8, 4) is 11.5 Å². The number of rotatable bonds is 2. The lowest BCUT2D eigenvalue weighted by molar-refractivity contribution is 0.473. The van der Waals surface area contributed by atoms with Crippen LogP contribution in [0.5, 0.6) is 11.5 Å². The average Bonchev–Trinajstić information content (AvgIpc) is 2.81. The summed E-state index contributed by atoms with van der Waals surface area (Å²) >= 11 is 0. The molecule has 0 fully saturated rings. The van der Waals surface area contributed by atoms with Crippen LogP contribution in [0.4, 0.5) is 0 Å². The monoisotopic (exact) mass is 238 g/mol. The lowest BCUT2D eigenvalue weighted by Crippen LogP contribution is -1.94. The fourth-order valence-corrected chi connectivity index (χ4v) is 2.69. The smallest absolute Gasteiger partial charge is 0.133 e. The molecular formula is C17H18O. The van der Waals surface area contributed by atoms with Gasteiger partial charge in [0.1, 0.15) is 11.5 Å². The molecule has 0 saturated carbocycles. The van der Waals surface area contributed by atoms with E-state index in [4.69, 9.17) is 4.74 Å². The highest BCUT2D eigenvalue weighted by Gasteiger charge is 2.17. The molecule has 0 heterocycles. The quantitative estimate of drug-likeness (QED) is 0.743. The zero-order chi connectivity index (χ0) is 12.5. The third-order valence-corrected chi connectivity index (χ3v) is 3.64. The van der Waals surface area contributed by atoms with Gasteiger partial charge in [-0.15, -0.1) is 0 Å². The number of hydrogen-bond donors (Lipinski definition) is 0. The van der Waals surface area contributed by atoms with Gasteiger partial charge in [0.2, 0.25) is 0 Å². The first-order valence-corrected chi connectivity index (χ1v) is 6.60. The van der Waals surface area contributed by atoms with Crippen molar-refractivity contribution in [2.75, 3.05) is 0 Å². The normalized spacial score (nSPS) is 13.4. The number of aryl methyl sites for hydroxylation is 3. The third-order valence-electron chi connectivity index (χ3n) is 3.64. The predicted octanol–water partition coefficient (Wildman–Crippen LogP) is 4.58. The van der Waals surface area contributed by atoms with E-state index in [-0.39, 0.29) is 0 Å². The van der Waals surface area contributed by atoms with E-state index < -0.39 is 0 Å². The van der Waals surface area contributed by atoms with Gasteiger partial charge < -0.3 is 4.74 Å². The Morgan fingerprint density at radius 2 is 1.89 bits per heavy atom. The second-order valence-corrected chi connectivity index (χ2v) is 5.12. The van der Waals surface area contributed by atoms with E-state index in [0.29, 0.717) is 0 Å². The van der Waals surface area contributed by atoms with E-state index >= 15 is 0 Å². The maximum atomic E-state index is 6.13. The Balaban J connectivity index is 2.00. The van der Waals surface area contributed by atoms with E-state index in [2.05, 4.69) is 38.1 Å². The van der Waals surface area contributed by atoms with Crippen LogP contribution in [0.15, 0.2) is 36.4 Å². The van der Waals surface area contributed by atoms with Gasteiger partial charge in [-0.2, -0.15) is 0 Å². The van der Waals surface area contributed by atoms with Crippen molar-refractivity contribution in [3.63, 3.8) is 0 Å². The molecule has 0 aromatic heterocycles. The van der Waals surface area contributed by atoms with Crippen LogP contribution in [0, 0.1) is 13.8 Å². The number of ether oxygens (including phenoxy) is 1. The summed E-state index contributed by atoms with van der Waals surface area (Å²) in [6.45, 7) is 4.22. The van der Waals surface area contributed by atoms with Crippen LogP contribution in [0.1, 0.15) is 28.7 Å². The number of hydrogen-bond acceptors (Lipinski definition) is 1. The molecule has 0 spiro atoms. The van der Waals surface area contributed by atoms with Crippen LogP contribution in [-0.4, -0.2) is 0 Å². The van der Waals surface area contributed by atoms with Gasteiger partial charge in [-0.3, -0.25) is 0 Å². The fraction of sp³-hybridized carbons (Fsp3) is 0.294. The first kappa shape index (κ1) is 11.3. The van der Waals surface area contributed by atoms with Gasteiger partial charge in [0.25, 0.3) is 0 Å². The molecule has 0 radical (unpaired) electrons. The largest absolute Gasteiger partial charge is 0.457 e. The highest BCUT2D eigenvalue weighted by molar-refractivity contribution is 5.50. The molecular weight excluding hydrogens is 220 g/mol. The van der Waals surface area contributed by atoms with Gasteiger partial charge in [-0.05, 0) is 67.5 Å². The topological polar surface area (TPSA) is 9.23 Å². The second kappa shape index (κ2) is 4.49. The van der Waals surface area contributed by atoms with Gasteiger partial charge in [-0.1, -0.05) is 24.3 Å². The van der Waals surface area contributed by atoms with Crippen LogP contribution < -0.4 is 4.74 Å². The second-order valence-electron chi connectivity index (χ2n) is 5.12. The molecule has 0 unspecified atom stereocenters. The Kier molecular flexibility index (Phi) is 2.83. The van der Waals surface area contributed by atoms with Gasteiger partial charge in [0.05, 0.1) is 0 Å². The van der Waals surface area contributed by atoms with Crippen molar-refractivity contribution < 1.29 is 4.74 Å². The van der Waals surface area contributed by atoms with Gasteiger partial charge >= 0.3 is 0 Å². The Bertz CT molecular complexity index is 584. The van der Waals surface area contributed by atoms with Gasteiger partial charge in [0, 0.05) is 0 Å². The molecule has 0 amide bonds. The van der Waals surface area contributed by atoms with Gasteiger partial charge in [-0.25, -0.2) is 0 Å². The summed E-state index contributed by atoms with van der Waals surface area (Å²) in [6, 6.07) is 12.7. The Morgan fingerprint density at radius 1 is 1.00 bits per heavy atom. The third kappa shape index (κ3) is 2.01. The van der Waals surface area contributed by atoms with Crippen LogP contribution in [-0.2, 0) is 12.8 Å². The molecule has 2 aromatic rings. The summed E-state index contributed by atoms with van der Waals surface area (Å²) in [5.41, 5.74) is 5.34. The minimum Gasteiger partial charge on any atom is -0.457 e. The summed E-state index contributed by atoms with van der Waals surface area (Å²) < 4.78 is 6.13. The molecule has 0 N–H and O–H groups in total. The minimum absolute atomic E-state index is 0.943. The molecule has 0 atom stereocenters. The Labute approximate surface area is 108 Å². The molecule has 1 heteroatoms. The summed E-state index contributed by atoms with van der Waals surface area (Å²) in [7, 11) is 0. The van der Waals surface area contributed by atoms with Crippen LogP contribution in [0.25, 0.3) is 0 Å². The summed E-state index contributed by atoms with van der Waals surface area (Å²) in [5, 5.41) is 0. The van der Waals surface area contributed by atoms with Crippen LogP contribution >= 0.6 is 0 Å². The molecule has 18 heavy (non-hydrogen) atoms. The summed E-state index contributed by atoms with van der Waals surface area (Å²) in [5.74, 6) is 2.02. The molecule has 0 saturated heterocycles. The highest BCUT2D eigenvalue weighted by atomic mass is 16.5. The molecule has 1 aliphatic carbocycles. The lowest BCUT2D eigenvalue weighted by Gasteiger charge is -2.13. The van der Waals surface area contributed by atoms with Gasteiger partial charge in [0.15, 0.2) is 0 Å². The fourth-order valence-electron chi connectivity index (χ4n) is 2.69. The van der Waals surface area contributed by atoms with Crippen LogP contribution in [0.2, 0.25) is 0 Å². The lowest BCUT2D eigenvalue weighted by atomic mass is 10.1. The highest BCUT2D eigenvalue weighted by Crippen LogP contribution is 2.36. The zero-order valence-electron chi connectivity index (χ0n) is 11.0. The maximum absolute atomic E-state index is 6.13. The molecule has 3 rings (SSSR count). The summed E-state index contributed by atoms with van der Waals surface area (Å²) in [6.07, 6.45) is 3.60. The van der Waals surface area contributed by atoms with E-state index in [1.807, 2.05) is 12.1 Å². The molecule has 92 valence electrons. The Morgan fingerprint density at radius 3 is 2.72 bits per heavy atom. The minimum atomic E-state index is 0.943. The Hall–Kier alpha value is -1.76. The van der Waals surface area contributed by atoms with Crippen molar-refractivity contribution in [1.29, 1.82) is 0 Å². The van der Waals surface area contributed by atoms with E-state index in [1.54, 1.807) is 0 Å².